The normalized spacial score (nSPS) is 23.3. The molecular weight excluding hydrogens is 126 g/mol. The van der Waals surface area contributed by atoms with Gasteiger partial charge in [0.05, 0.1) is 18.7 Å². The molecule has 0 bridgehead atoms. The molecule has 10 heavy (non-hydrogen) atoms. The van der Waals surface area contributed by atoms with Crippen molar-refractivity contribution in [2.24, 2.45) is 0 Å². The Morgan fingerprint density at radius 3 is 2.30 bits per heavy atom. The van der Waals surface area contributed by atoms with Crippen LogP contribution in [-0.4, -0.2) is 43.2 Å². The standard InChI is InChI=1S/C7H13N3/c1-9-5-6-10(2)7(9)3-4-8/h7H,3,5-6H2,1-2H3. The van der Waals surface area contributed by atoms with E-state index in [1.807, 2.05) is 0 Å². The van der Waals surface area contributed by atoms with Crippen molar-refractivity contribution in [2.45, 2.75) is 12.6 Å². The van der Waals surface area contributed by atoms with Gasteiger partial charge >= 0.3 is 0 Å². The first-order valence-electron chi connectivity index (χ1n) is 3.53. The second-order valence-corrected chi connectivity index (χ2v) is 2.80. The maximum Gasteiger partial charge on any atom is 0.0751 e. The highest BCUT2D eigenvalue weighted by Crippen LogP contribution is 2.11. The summed E-state index contributed by atoms with van der Waals surface area (Å²) >= 11 is 0. The van der Waals surface area contributed by atoms with Crippen molar-refractivity contribution in [1.29, 1.82) is 5.26 Å². The van der Waals surface area contributed by atoms with Crippen LogP contribution >= 0.6 is 0 Å². The van der Waals surface area contributed by atoms with E-state index in [2.05, 4.69) is 30.0 Å². The van der Waals surface area contributed by atoms with Crippen LogP contribution in [0.25, 0.3) is 0 Å². The lowest BCUT2D eigenvalue weighted by Crippen LogP contribution is -2.33. The summed E-state index contributed by atoms with van der Waals surface area (Å²) in [4.78, 5) is 4.42. The summed E-state index contributed by atoms with van der Waals surface area (Å²) in [6, 6.07) is 2.19. The van der Waals surface area contributed by atoms with Gasteiger partial charge in [0, 0.05) is 13.1 Å². The monoisotopic (exact) mass is 139 g/mol. The fourth-order valence-electron chi connectivity index (χ4n) is 1.34. The molecule has 0 aliphatic carbocycles. The molecule has 1 fully saturated rings. The molecule has 0 unspecified atom stereocenters. The molecule has 0 radical (unpaired) electrons. The molecule has 3 nitrogen and oxygen atoms in total. The Kier molecular flexibility index (Phi) is 2.25. The van der Waals surface area contributed by atoms with Crippen LogP contribution in [0, 0.1) is 11.3 Å². The number of nitrogens with zero attached hydrogens (tertiary/aromatic N) is 3. The summed E-state index contributed by atoms with van der Waals surface area (Å²) in [5.74, 6) is 0. The van der Waals surface area contributed by atoms with Gasteiger partial charge in [-0.15, -0.1) is 0 Å². The fourth-order valence-corrected chi connectivity index (χ4v) is 1.34. The van der Waals surface area contributed by atoms with E-state index in [1.54, 1.807) is 0 Å². The zero-order chi connectivity index (χ0) is 7.56. The lowest BCUT2D eigenvalue weighted by molar-refractivity contribution is 0.192. The van der Waals surface area contributed by atoms with Crippen molar-refractivity contribution >= 4 is 0 Å². The topological polar surface area (TPSA) is 30.3 Å². The van der Waals surface area contributed by atoms with Gasteiger partial charge in [-0.3, -0.25) is 9.80 Å². The van der Waals surface area contributed by atoms with Gasteiger partial charge in [0.25, 0.3) is 0 Å². The molecule has 1 rings (SSSR count). The zero-order valence-corrected chi connectivity index (χ0v) is 6.54. The first-order valence-corrected chi connectivity index (χ1v) is 3.53. The van der Waals surface area contributed by atoms with E-state index in [4.69, 9.17) is 5.26 Å². The Balaban J connectivity index is 2.47. The van der Waals surface area contributed by atoms with Crippen LogP contribution in [0.2, 0.25) is 0 Å². The molecule has 0 N–H and O–H groups in total. The maximum absolute atomic E-state index is 8.46. The third-order valence-electron chi connectivity index (χ3n) is 2.10. The Bertz CT molecular complexity index is 139. The Labute approximate surface area is 61.8 Å². The number of likely N-dealkylation sites (N-methyl/N-ethyl adjacent to an activating group) is 2. The van der Waals surface area contributed by atoms with Crippen LogP contribution in [0.4, 0.5) is 0 Å². The predicted molar refractivity (Wildman–Crippen MR) is 39.3 cm³/mol. The van der Waals surface area contributed by atoms with E-state index in [9.17, 15) is 0 Å². The van der Waals surface area contributed by atoms with Gasteiger partial charge in [0.2, 0.25) is 0 Å². The van der Waals surface area contributed by atoms with Crippen molar-refractivity contribution < 1.29 is 0 Å². The quantitative estimate of drug-likeness (QED) is 0.516. The minimum atomic E-state index is 0.352. The zero-order valence-electron chi connectivity index (χ0n) is 6.54. The summed E-state index contributed by atoms with van der Waals surface area (Å²) in [7, 11) is 4.12. The lowest BCUT2D eigenvalue weighted by Gasteiger charge is -2.21. The van der Waals surface area contributed by atoms with Crippen molar-refractivity contribution in [3.63, 3.8) is 0 Å². The third-order valence-corrected chi connectivity index (χ3v) is 2.10. The largest absolute Gasteiger partial charge is 0.289 e. The molecule has 3 heteroatoms. The van der Waals surface area contributed by atoms with Crippen molar-refractivity contribution in [2.75, 3.05) is 27.2 Å². The highest BCUT2D eigenvalue weighted by Gasteiger charge is 2.25. The molecule has 1 heterocycles. The average Bonchev–Trinajstić information content (AvgIpc) is 2.20. The predicted octanol–water partition coefficient (Wildman–Crippen LogP) is 0.103. The van der Waals surface area contributed by atoms with Gasteiger partial charge < -0.3 is 0 Å². The van der Waals surface area contributed by atoms with Crippen LogP contribution in [0.5, 0.6) is 0 Å². The van der Waals surface area contributed by atoms with Crippen molar-refractivity contribution in [3.8, 4) is 6.07 Å². The van der Waals surface area contributed by atoms with Gasteiger partial charge in [-0.1, -0.05) is 0 Å². The molecule has 0 saturated carbocycles. The Morgan fingerprint density at radius 1 is 1.40 bits per heavy atom. The summed E-state index contributed by atoms with van der Waals surface area (Å²) in [5, 5.41) is 8.46. The summed E-state index contributed by atoms with van der Waals surface area (Å²) in [6.45, 7) is 2.17. The van der Waals surface area contributed by atoms with E-state index < -0.39 is 0 Å². The van der Waals surface area contributed by atoms with Crippen LogP contribution in [-0.2, 0) is 0 Å². The van der Waals surface area contributed by atoms with Gasteiger partial charge in [0.1, 0.15) is 0 Å². The smallest absolute Gasteiger partial charge is 0.0751 e. The molecule has 1 aliphatic heterocycles. The maximum atomic E-state index is 8.46. The van der Waals surface area contributed by atoms with E-state index in [1.165, 1.54) is 0 Å². The molecule has 0 aromatic heterocycles. The lowest BCUT2D eigenvalue weighted by atomic mass is 10.3. The fraction of sp³-hybridized carbons (Fsp3) is 0.857. The Morgan fingerprint density at radius 2 is 1.90 bits per heavy atom. The summed E-state index contributed by atoms with van der Waals surface area (Å²) in [5.41, 5.74) is 0. The Hall–Kier alpha value is -0.590. The molecular formula is C7H13N3. The molecule has 0 amide bonds. The first-order chi connectivity index (χ1) is 4.75. The van der Waals surface area contributed by atoms with E-state index in [0.29, 0.717) is 12.6 Å². The van der Waals surface area contributed by atoms with Gasteiger partial charge in [0.15, 0.2) is 0 Å². The van der Waals surface area contributed by atoms with E-state index in [-0.39, 0.29) is 0 Å². The molecule has 1 aliphatic rings. The molecule has 1 saturated heterocycles. The van der Waals surface area contributed by atoms with Crippen LogP contribution in [0.15, 0.2) is 0 Å². The second-order valence-electron chi connectivity index (χ2n) is 2.80. The third kappa shape index (κ3) is 1.28. The number of nitriles is 1. The van der Waals surface area contributed by atoms with Crippen molar-refractivity contribution in [1.82, 2.24) is 9.80 Å². The number of hydrogen-bond acceptors (Lipinski definition) is 3. The molecule has 0 aromatic carbocycles. The van der Waals surface area contributed by atoms with Crippen LogP contribution in [0.1, 0.15) is 6.42 Å². The minimum Gasteiger partial charge on any atom is -0.289 e. The van der Waals surface area contributed by atoms with Gasteiger partial charge in [-0.2, -0.15) is 5.26 Å². The summed E-state index contributed by atoms with van der Waals surface area (Å²) < 4.78 is 0. The average molecular weight is 139 g/mol. The molecule has 0 aromatic rings. The molecule has 0 atom stereocenters. The van der Waals surface area contributed by atoms with Crippen LogP contribution < -0.4 is 0 Å². The minimum absolute atomic E-state index is 0.352. The second kappa shape index (κ2) is 3.00. The van der Waals surface area contributed by atoms with Crippen molar-refractivity contribution in [3.05, 3.63) is 0 Å². The van der Waals surface area contributed by atoms with Gasteiger partial charge in [-0.25, -0.2) is 0 Å². The SMILES string of the molecule is CN1CCN(C)C1CC#N. The molecule has 56 valence electrons. The highest BCUT2D eigenvalue weighted by atomic mass is 15.4. The first kappa shape index (κ1) is 7.52. The number of hydrogen-bond donors (Lipinski definition) is 0. The molecule has 0 spiro atoms. The number of rotatable bonds is 1. The van der Waals surface area contributed by atoms with E-state index in [0.717, 1.165) is 13.1 Å². The van der Waals surface area contributed by atoms with E-state index >= 15 is 0 Å². The summed E-state index contributed by atoms with van der Waals surface area (Å²) in [6.07, 6.45) is 0.970. The highest BCUT2D eigenvalue weighted by molar-refractivity contribution is 4.85. The van der Waals surface area contributed by atoms with Gasteiger partial charge in [-0.05, 0) is 14.1 Å². The van der Waals surface area contributed by atoms with Crippen LogP contribution in [0.3, 0.4) is 0 Å².